The maximum absolute atomic E-state index is 12.8. The van der Waals surface area contributed by atoms with E-state index in [4.69, 9.17) is 14.2 Å². The molecule has 0 aliphatic carbocycles. The van der Waals surface area contributed by atoms with E-state index in [-0.39, 0.29) is 44.0 Å². The van der Waals surface area contributed by atoms with E-state index >= 15 is 0 Å². The van der Waals surface area contributed by atoms with E-state index in [1.165, 1.54) is 0 Å². The second-order valence-electron chi connectivity index (χ2n) is 16.6. The van der Waals surface area contributed by atoms with Gasteiger partial charge in [0, 0.05) is 19.3 Å². The van der Waals surface area contributed by atoms with Crippen LogP contribution in [0.25, 0.3) is 0 Å². The van der Waals surface area contributed by atoms with Crippen molar-refractivity contribution in [3.8, 4) is 0 Å². The zero-order valence-electron chi connectivity index (χ0n) is 42.6. The fourth-order valence-electron chi connectivity index (χ4n) is 6.49. The van der Waals surface area contributed by atoms with E-state index in [2.05, 4.69) is 154 Å². The summed E-state index contributed by atoms with van der Waals surface area (Å²) in [6, 6.07) is 0. The molecule has 374 valence electrons. The number of carbonyl (C=O) groups is 3. The molecule has 67 heavy (non-hydrogen) atoms. The number of rotatable bonds is 45. The van der Waals surface area contributed by atoms with Crippen LogP contribution < -0.4 is 0 Å². The van der Waals surface area contributed by atoms with Gasteiger partial charge in [-0.05, 0) is 122 Å². The lowest BCUT2D eigenvalue weighted by Crippen LogP contribution is -2.30. The maximum Gasteiger partial charge on any atom is 0.306 e. The molecule has 6 nitrogen and oxygen atoms in total. The molecule has 0 amide bonds. The minimum Gasteiger partial charge on any atom is -0.462 e. The molecule has 0 spiro atoms. The van der Waals surface area contributed by atoms with Gasteiger partial charge in [-0.1, -0.05) is 205 Å². The van der Waals surface area contributed by atoms with Gasteiger partial charge in [-0.3, -0.25) is 14.4 Å². The molecular weight excluding hydrogens is 829 g/mol. The summed E-state index contributed by atoms with van der Waals surface area (Å²) in [5.41, 5.74) is 0. The Morgan fingerprint density at radius 3 is 0.925 bits per heavy atom. The van der Waals surface area contributed by atoms with Crippen molar-refractivity contribution in [1.82, 2.24) is 0 Å². The fourth-order valence-corrected chi connectivity index (χ4v) is 6.49. The second kappa shape index (κ2) is 53.9. The zero-order valence-corrected chi connectivity index (χ0v) is 42.6. The SMILES string of the molecule is CCC=CCC=CCC=CCC=CCC=CCC=CCCC(=O)OCC(COC(=O)CCCCCCCC=CCC=CCC=CCC)OC(=O)CCCCCCCC=CCC=CCC=CCC. The minimum atomic E-state index is -0.831. The monoisotopic (exact) mass is 923 g/mol. The predicted molar refractivity (Wildman–Crippen MR) is 288 cm³/mol. The number of hydrogen-bond acceptors (Lipinski definition) is 6. The highest BCUT2D eigenvalue weighted by Crippen LogP contribution is 2.12. The van der Waals surface area contributed by atoms with E-state index in [1.807, 2.05) is 12.2 Å². The molecule has 0 rings (SSSR count). The van der Waals surface area contributed by atoms with Gasteiger partial charge in [0.2, 0.25) is 0 Å². The van der Waals surface area contributed by atoms with Crippen molar-refractivity contribution in [3.63, 3.8) is 0 Å². The van der Waals surface area contributed by atoms with Gasteiger partial charge in [-0.2, -0.15) is 0 Å². The molecule has 0 aliphatic rings. The van der Waals surface area contributed by atoms with Crippen molar-refractivity contribution in [1.29, 1.82) is 0 Å². The third kappa shape index (κ3) is 52.1. The highest BCUT2D eigenvalue weighted by Gasteiger charge is 2.19. The van der Waals surface area contributed by atoms with Crippen molar-refractivity contribution in [2.24, 2.45) is 0 Å². The standard InChI is InChI=1S/C61H94O6/c1-4-7-10-13-16-19-22-25-28-29-30-31-34-36-39-42-45-48-51-54-60(63)66-57-58(67-61(64)55-52-49-46-43-40-37-33-27-24-21-18-15-12-9-6-3)56-65-59(62)53-50-47-44-41-38-35-32-26-23-20-17-14-11-8-5-2/h7-12,16-21,25-28,30-33,36,39,45,48,58H,4-6,13-15,22-24,29,34-35,37-38,40-44,46-47,49-57H2,1-3H3. The quantitative estimate of drug-likeness (QED) is 0.0262. The van der Waals surface area contributed by atoms with Gasteiger partial charge < -0.3 is 14.2 Å². The average Bonchev–Trinajstić information content (AvgIpc) is 3.33. The number of hydrogen-bond donors (Lipinski definition) is 0. The Labute approximate surface area is 410 Å². The minimum absolute atomic E-state index is 0.124. The fraction of sp³-hybridized carbons (Fsp3) is 0.557. The number of unbranched alkanes of at least 4 members (excludes halogenated alkanes) is 10. The van der Waals surface area contributed by atoms with Crippen LogP contribution in [-0.2, 0) is 28.6 Å². The summed E-state index contributed by atoms with van der Waals surface area (Å²) in [6.45, 7) is 6.18. The number of esters is 3. The van der Waals surface area contributed by atoms with Crippen LogP contribution in [0, 0.1) is 0 Å². The summed E-state index contributed by atoms with van der Waals surface area (Å²) >= 11 is 0. The zero-order chi connectivity index (χ0) is 48.6. The third-order valence-electron chi connectivity index (χ3n) is 10.3. The first-order valence-electron chi connectivity index (χ1n) is 26.3. The number of allylic oxidation sites excluding steroid dienone is 24. The van der Waals surface area contributed by atoms with Crippen LogP contribution in [0.1, 0.15) is 201 Å². The van der Waals surface area contributed by atoms with Gasteiger partial charge in [0.25, 0.3) is 0 Å². The van der Waals surface area contributed by atoms with Crippen LogP contribution in [0.5, 0.6) is 0 Å². The van der Waals surface area contributed by atoms with E-state index in [9.17, 15) is 14.4 Å². The molecule has 0 aromatic carbocycles. The molecule has 0 aromatic rings. The molecule has 1 unspecified atom stereocenters. The Morgan fingerprint density at radius 1 is 0.299 bits per heavy atom. The van der Waals surface area contributed by atoms with Crippen molar-refractivity contribution in [3.05, 3.63) is 146 Å². The smallest absolute Gasteiger partial charge is 0.306 e. The van der Waals surface area contributed by atoms with Gasteiger partial charge in [-0.25, -0.2) is 0 Å². The van der Waals surface area contributed by atoms with Crippen LogP contribution in [0.2, 0.25) is 0 Å². The largest absolute Gasteiger partial charge is 0.462 e. The summed E-state index contributed by atoms with van der Waals surface area (Å²) in [7, 11) is 0. The molecule has 0 saturated heterocycles. The van der Waals surface area contributed by atoms with Gasteiger partial charge in [0.15, 0.2) is 6.10 Å². The lowest BCUT2D eigenvalue weighted by Gasteiger charge is -2.18. The van der Waals surface area contributed by atoms with Crippen LogP contribution in [-0.4, -0.2) is 37.2 Å². The van der Waals surface area contributed by atoms with Crippen molar-refractivity contribution in [2.75, 3.05) is 13.2 Å². The molecule has 0 radical (unpaired) electrons. The predicted octanol–water partition coefficient (Wildman–Crippen LogP) is 17.6. The van der Waals surface area contributed by atoms with Gasteiger partial charge in [0.1, 0.15) is 13.2 Å². The Balaban J connectivity index is 4.59. The Morgan fingerprint density at radius 2 is 0.567 bits per heavy atom. The Hall–Kier alpha value is -4.71. The molecular formula is C61H94O6. The van der Waals surface area contributed by atoms with E-state index in [0.29, 0.717) is 12.8 Å². The van der Waals surface area contributed by atoms with Gasteiger partial charge in [-0.15, -0.1) is 0 Å². The summed E-state index contributed by atoms with van der Waals surface area (Å²) in [6.07, 6.45) is 77.0. The third-order valence-corrected chi connectivity index (χ3v) is 10.3. The molecule has 0 N–H and O–H groups in total. The molecule has 0 aliphatic heterocycles. The molecule has 0 bridgehead atoms. The van der Waals surface area contributed by atoms with E-state index in [1.54, 1.807) is 0 Å². The molecule has 0 aromatic heterocycles. The molecule has 6 heteroatoms. The number of ether oxygens (including phenoxy) is 3. The molecule has 0 heterocycles. The average molecular weight is 923 g/mol. The highest BCUT2D eigenvalue weighted by atomic mass is 16.6. The summed E-state index contributed by atoms with van der Waals surface area (Å²) in [4.78, 5) is 38.0. The van der Waals surface area contributed by atoms with Crippen LogP contribution >= 0.6 is 0 Å². The van der Waals surface area contributed by atoms with Gasteiger partial charge >= 0.3 is 17.9 Å². The Kier molecular flexibility index (Phi) is 50.1. The number of carbonyl (C=O) groups excluding carboxylic acids is 3. The molecule has 1 atom stereocenters. The first-order chi connectivity index (χ1) is 33.0. The van der Waals surface area contributed by atoms with E-state index < -0.39 is 6.10 Å². The van der Waals surface area contributed by atoms with Crippen molar-refractivity contribution in [2.45, 2.75) is 207 Å². The molecule has 0 fully saturated rings. The van der Waals surface area contributed by atoms with Crippen molar-refractivity contribution >= 4 is 17.9 Å². The lowest BCUT2D eigenvalue weighted by molar-refractivity contribution is -0.166. The molecule has 0 saturated carbocycles. The first kappa shape index (κ1) is 62.3. The van der Waals surface area contributed by atoms with Crippen LogP contribution in [0.4, 0.5) is 0 Å². The van der Waals surface area contributed by atoms with Crippen molar-refractivity contribution < 1.29 is 28.6 Å². The second-order valence-corrected chi connectivity index (χ2v) is 16.6. The summed E-state index contributed by atoms with van der Waals surface area (Å²) in [5.74, 6) is -1.06. The summed E-state index contributed by atoms with van der Waals surface area (Å²) < 4.78 is 16.7. The first-order valence-corrected chi connectivity index (χ1v) is 26.3. The maximum atomic E-state index is 12.8. The van der Waals surface area contributed by atoms with Crippen LogP contribution in [0.15, 0.2) is 146 Å². The lowest BCUT2D eigenvalue weighted by atomic mass is 10.1. The Bertz CT molecular complexity index is 1530. The normalized spacial score (nSPS) is 13.3. The highest BCUT2D eigenvalue weighted by molar-refractivity contribution is 5.71. The summed E-state index contributed by atoms with van der Waals surface area (Å²) in [5, 5.41) is 0. The van der Waals surface area contributed by atoms with Crippen LogP contribution in [0.3, 0.4) is 0 Å². The topological polar surface area (TPSA) is 78.9 Å². The van der Waals surface area contributed by atoms with E-state index in [0.717, 1.165) is 154 Å². The van der Waals surface area contributed by atoms with Gasteiger partial charge in [0.05, 0.1) is 0 Å².